The topological polar surface area (TPSA) is 29.3 Å². The minimum atomic E-state index is -0.226. The van der Waals surface area contributed by atoms with E-state index in [2.05, 4.69) is 15.9 Å². The van der Waals surface area contributed by atoms with E-state index < -0.39 is 0 Å². The van der Waals surface area contributed by atoms with Crippen LogP contribution < -0.4 is 5.73 Å². The van der Waals surface area contributed by atoms with Gasteiger partial charge in [-0.15, -0.1) is 0 Å². The number of nitrogens with two attached hydrogens (primary N) is 1. The molecule has 0 bridgehead atoms. The van der Waals surface area contributed by atoms with Crippen LogP contribution in [0.25, 0.3) is 0 Å². The minimum absolute atomic E-state index is 0.0435. The van der Waals surface area contributed by atoms with Crippen molar-refractivity contribution in [3.8, 4) is 0 Å². The van der Waals surface area contributed by atoms with Crippen LogP contribution in [0.5, 0.6) is 0 Å². The summed E-state index contributed by atoms with van der Waals surface area (Å²) in [6, 6.07) is 4.98. The summed E-state index contributed by atoms with van der Waals surface area (Å²) in [5.41, 5.74) is 6.17. The summed E-state index contributed by atoms with van der Waals surface area (Å²) in [4.78, 5) is 2.33. The van der Waals surface area contributed by atoms with Gasteiger partial charge in [0.25, 0.3) is 0 Å². The summed E-state index contributed by atoms with van der Waals surface area (Å²) in [7, 11) is 1.87. The number of hydrogen-bond acceptors (Lipinski definition) is 2. The third-order valence-corrected chi connectivity index (χ3v) is 3.34. The molecule has 0 saturated heterocycles. The van der Waals surface area contributed by atoms with Crippen molar-refractivity contribution < 1.29 is 4.39 Å². The number of halogens is 2. The Labute approximate surface area is 109 Å². The first-order valence-corrected chi connectivity index (χ1v) is 6.05. The van der Waals surface area contributed by atoms with Gasteiger partial charge in [-0.25, -0.2) is 4.39 Å². The predicted molar refractivity (Wildman–Crippen MR) is 71.8 cm³/mol. The second kappa shape index (κ2) is 5.70. The van der Waals surface area contributed by atoms with Crippen molar-refractivity contribution in [1.29, 1.82) is 0 Å². The van der Waals surface area contributed by atoms with Gasteiger partial charge in [0.1, 0.15) is 5.82 Å². The number of thiocarbonyl (C=S) groups is 1. The molecule has 1 aromatic rings. The molecule has 0 spiro atoms. The van der Waals surface area contributed by atoms with Crippen LogP contribution in [0.3, 0.4) is 0 Å². The molecule has 1 unspecified atom stereocenters. The van der Waals surface area contributed by atoms with Crippen molar-refractivity contribution in [2.24, 2.45) is 5.73 Å². The van der Waals surface area contributed by atoms with E-state index in [-0.39, 0.29) is 11.9 Å². The van der Waals surface area contributed by atoms with Gasteiger partial charge in [-0.3, -0.25) is 4.90 Å². The molecule has 1 aromatic carbocycles. The van der Waals surface area contributed by atoms with E-state index >= 15 is 0 Å². The first-order chi connectivity index (χ1) is 7.41. The van der Waals surface area contributed by atoms with E-state index in [1.54, 1.807) is 6.07 Å². The fourth-order valence-corrected chi connectivity index (χ4v) is 1.79. The smallest absolute Gasteiger partial charge is 0.128 e. The third-order valence-electron chi connectivity index (χ3n) is 2.51. The van der Waals surface area contributed by atoms with Crippen LogP contribution in [0.1, 0.15) is 12.5 Å². The Hall–Kier alpha value is -0.520. The zero-order valence-corrected chi connectivity index (χ0v) is 11.6. The van der Waals surface area contributed by atoms with E-state index in [4.69, 9.17) is 18.0 Å². The Morgan fingerprint density at radius 1 is 1.62 bits per heavy atom. The van der Waals surface area contributed by atoms with Crippen LogP contribution in [-0.2, 0) is 6.54 Å². The number of hydrogen-bond donors (Lipinski definition) is 1. The van der Waals surface area contributed by atoms with Crippen molar-refractivity contribution in [2.45, 2.75) is 19.5 Å². The lowest BCUT2D eigenvalue weighted by Gasteiger charge is -2.23. The van der Waals surface area contributed by atoms with Crippen molar-refractivity contribution >= 4 is 33.1 Å². The lowest BCUT2D eigenvalue weighted by molar-refractivity contribution is 0.299. The van der Waals surface area contributed by atoms with Gasteiger partial charge in [-0.1, -0.05) is 34.2 Å². The molecule has 0 amide bonds. The predicted octanol–water partition coefficient (Wildman–Crippen LogP) is 2.69. The Bertz CT molecular complexity index is 398. The van der Waals surface area contributed by atoms with Gasteiger partial charge < -0.3 is 5.73 Å². The van der Waals surface area contributed by atoms with E-state index in [1.807, 2.05) is 24.9 Å². The molecular formula is C11H14BrFN2S. The Morgan fingerprint density at radius 3 is 2.75 bits per heavy atom. The second-order valence-corrected chi connectivity index (χ2v) is 5.12. The zero-order valence-electron chi connectivity index (χ0n) is 9.21. The highest BCUT2D eigenvalue weighted by Gasteiger charge is 2.13. The average molecular weight is 305 g/mol. The normalized spacial score (nSPS) is 12.8. The van der Waals surface area contributed by atoms with Crippen LogP contribution in [0.15, 0.2) is 22.7 Å². The summed E-state index contributed by atoms with van der Waals surface area (Å²) in [5.74, 6) is -0.226. The van der Waals surface area contributed by atoms with E-state index in [1.165, 1.54) is 6.07 Å². The van der Waals surface area contributed by atoms with Crippen molar-refractivity contribution in [3.63, 3.8) is 0 Å². The molecule has 0 aliphatic carbocycles. The Morgan fingerprint density at radius 2 is 2.25 bits per heavy atom. The number of benzene rings is 1. The van der Waals surface area contributed by atoms with Gasteiger partial charge in [-0.2, -0.15) is 0 Å². The quantitative estimate of drug-likeness (QED) is 0.867. The number of rotatable bonds is 4. The molecule has 0 aromatic heterocycles. The maximum atomic E-state index is 13.6. The average Bonchev–Trinajstić information content (AvgIpc) is 2.20. The first-order valence-electron chi connectivity index (χ1n) is 4.85. The van der Waals surface area contributed by atoms with Gasteiger partial charge in [0, 0.05) is 16.6 Å². The number of likely N-dealkylation sites (N-methyl/N-ethyl adjacent to an activating group) is 1. The molecular weight excluding hydrogens is 291 g/mol. The molecule has 1 rings (SSSR count). The molecule has 16 heavy (non-hydrogen) atoms. The first kappa shape index (κ1) is 13.5. The molecule has 1 atom stereocenters. The molecule has 0 fully saturated rings. The van der Waals surface area contributed by atoms with Crippen LogP contribution >= 0.6 is 28.1 Å². The maximum Gasteiger partial charge on any atom is 0.128 e. The lowest BCUT2D eigenvalue weighted by atomic mass is 10.2. The fourth-order valence-electron chi connectivity index (χ4n) is 1.27. The van der Waals surface area contributed by atoms with Crippen LogP contribution in [0.4, 0.5) is 4.39 Å². The molecule has 2 nitrogen and oxygen atoms in total. The fraction of sp³-hybridized carbons (Fsp3) is 0.364. The summed E-state index contributed by atoms with van der Waals surface area (Å²) >= 11 is 8.12. The van der Waals surface area contributed by atoms with Crippen molar-refractivity contribution in [1.82, 2.24) is 4.90 Å². The van der Waals surface area contributed by atoms with Crippen molar-refractivity contribution in [2.75, 3.05) is 7.05 Å². The van der Waals surface area contributed by atoms with E-state index in [9.17, 15) is 4.39 Å². The molecule has 0 aliphatic heterocycles. The SMILES string of the molecule is CC(C(N)=S)N(C)Cc1ccc(Br)cc1F. The van der Waals surface area contributed by atoms with Gasteiger partial charge in [0.15, 0.2) is 0 Å². The molecule has 0 aliphatic rings. The molecule has 5 heteroatoms. The molecule has 2 N–H and O–H groups in total. The highest BCUT2D eigenvalue weighted by atomic mass is 79.9. The highest BCUT2D eigenvalue weighted by molar-refractivity contribution is 9.10. The van der Waals surface area contributed by atoms with Crippen LogP contribution in [0.2, 0.25) is 0 Å². The highest BCUT2D eigenvalue weighted by Crippen LogP contribution is 2.17. The monoisotopic (exact) mass is 304 g/mol. The summed E-state index contributed by atoms with van der Waals surface area (Å²) in [6.07, 6.45) is 0. The van der Waals surface area contributed by atoms with Gasteiger partial charge in [-0.05, 0) is 26.1 Å². The minimum Gasteiger partial charge on any atom is -0.392 e. The van der Waals surface area contributed by atoms with Gasteiger partial charge in [0.2, 0.25) is 0 Å². The largest absolute Gasteiger partial charge is 0.392 e. The van der Waals surface area contributed by atoms with Crippen LogP contribution in [-0.4, -0.2) is 23.0 Å². The summed E-state index contributed by atoms with van der Waals surface area (Å²) < 4.78 is 14.3. The van der Waals surface area contributed by atoms with Gasteiger partial charge in [0.05, 0.1) is 11.0 Å². The van der Waals surface area contributed by atoms with Gasteiger partial charge >= 0.3 is 0 Å². The summed E-state index contributed by atoms with van der Waals surface area (Å²) in [5, 5.41) is 0. The number of nitrogens with zero attached hydrogens (tertiary/aromatic N) is 1. The van der Waals surface area contributed by atoms with Crippen LogP contribution in [0, 0.1) is 5.82 Å². The third kappa shape index (κ3) is 3.50. The molecule has 0 saturated carbocycles. The maximum absolute atomic E-state index is 13.6. The van der Waals surface area contributed by atoms with Crippen molar-refractivity contribution in [3.05, 3.63) is 34.1 Å². The van der Waals surface area contributed by atoms with E-state index in [0.29, 0.717) is 17.1 Å². The van der Waals surface area contributed by atoms with E-state index in [0.717, 1.165) is 4.47 Å². The zero-order chi connectivity index (χ0) is 12.3. The standard InChI is InChI=1S/C11H14BrFN2S/c1-7(11(14)16)15(2)6-8-3-4-9(12)5-10(8)13/h3-5,7H,6H2,1-2H3,(H2,14,16). The second-order valence-electron chi connectivity index (χ2n) is 3.73. The Balaban J connectivity index is 2.77. The lowest BCUT2D eigenvalue weighted by Crippen LogP contribution is -2.38. The molecule has 0 heterocycles. The molecule has 88 valence electrons. The Kier molecular flexibility index (Phi) is 4.83. The summed E-state index contributed by atoms with van der Waals surface area (Å²) in [6.45, 7) is 2.39. The molecule has 0 radical (unpaired) electrons.